The van der Waals surface area contributed by atoms with E-state index in [0.717, 1.165) is 19.6 Å². The van der Waals surface area contributed by atoms with Gasteiger partial charge in [0.1, 0.15) is 9.84 Å². The lowest BCUT2D eigenvalue weighted by molar-refractivity contribution is 0.116. The Morgan fingerprint density at radius 1 is 1.50 bits per heavy atom. The van der Waals surface area contributed by atoms with Crippen molar-refractivity contribution < 1.29 is 13.2 Å². The van der Waals surface area contributed by atoms with Gasteiger partial charge < -0.3 is 10.1 Å². The molecule has 1 rings (SSSR count). The number of sulfone groups is 1. The minimum Gasteiger partial charge on any atom is -0.378 e. The number of hydrogen-bond donors (Lipinski definition) is 1. The van der Waals surface area contributed by atoms with Crippen molar-refractivity contribution in [3.63, 3.8) is 0 Å². The average molecular weight is 249 g/mol. The summed E-state index contributed by atoms with van der Waals surface area (Å²) in [5.74, 6) is 0.715. The monoisotopic (exact) mass is 249 g/mol. The molecule has 1 saturated heterocycles. The first-order valence-corrected chi connectivity index (χ1v) is 8.01. The molecule has 5 heteroatoms. The quantitative estimate of drug-likeness (QED) is 0.757. The predicted octanol–water partition coefficient (Wildman–Crippen LogP) is 0.824. The smallest absolute Gasteiger partial charge is 0.147 e. The van der Waals surface area contributed by atoms with Gasteiger partial charge in [-0.2, -0.15) is 0 Å². The van der Waals surface area contributed by atoms with Crippen LogP contribution < -0.4 is 5.32 Å². The van der Waals surface area contributed by atoms with Crippen LogP contribution in [0.15, 0.2) is 0 Å². The third-order valence-corrected chi connectivity index (χ3v) is 4.04. The highest BCUT2D eigenvalue weighted by Crippen LogP contribution is 2.24. The Hall–Kier alpha value is -0.130. The fourth-order valence-corrected chi connectivity index (χ4v) is 2.92. The maximum absolute atomic E-state index is 11.2. The number of hydrogen-bond acceptors (Lipinski definition) is 4. The van der Waals surface area contributed by atoms with Crippen molar-refractivity contribution in [1.82, 2.24) is 5.32 Å². The van der Waals surface area contributed by atoms with Crippen LogP contribution in [0.5, 0.6) is 0 Å². The van der Waals surface area contributed by atoms with Crippen molar-refractivity contribution >= 4 is 9.84 Å². The Balaban J connectivity index is 2.47. The molecule has 0 aromatic carbocycles. The zero-order chi connectivity index (χ0) is 12.2. The second-order valence-electron chi connectivity index (χ2n) is 4.72. The second kappa shape index (κ2) is 5.98. The van der Waals surface area contributed by atoms with Gasteiger partial charge in [-0.3, -0.25) is 0 Å². The Bertz CT molecular complexity index is 302. The summed E-state index contributed by atoms with van der Waals surface area (Å²) in [6, 6.07) is 0.268. The van der Waals surface area contributed by atoms with E-state index in [-0.39, 0.29) is 11.8 Å². The van der Waals surface area contributed by atoms with Crippen LogP contribution in [0.4, 0.5) is 0 Å². The summed E-state index contributed by atoms with van der Waals surface area (Å²) in [5, 5.41) is 3.37. The van der Waals surface area contributed by atoms with E-state index in [1.54, 1.807) is 0 Å². The van der Waals surface area contributed by atoms with E-state index < -0.39 is 9.84 Å². The highest BCUT2D eigenvalue weighted by molar-refractivity contribution is 7.90. The molecule has 0 spiro atoms. The first-order valence-electron chi connectivity index (χ1n) is 5.95. The highest BCUT2D eigenvalue weighted by atomic mass is 32.2. The summed E-state index contributed by atoms with van der Waals surface area (Å²) in [6.45, 7) is 5.74. The van der Waals surface area contributed by atoms with Crippen LogP contribution >= 0.6 is 0 Å². The van der Waals surface area contributed by atoms with Crippen molar-refractivity contribution in [1.29, 1.82) is 0 Å². The molecule has 0 aromatic heterocycles. The lowest BCUT2D eigenvalue weighted by Gasteiger charge is -2.22. The molecule has 1 aliphatic rings. The molecule has 1 fully saturated rings. The van der Waals surface area contributed by atoms with Crippen LogP contribution in [0.1, 0.15) is 26.7 Å². The molecule has 96 valence electrons. The minimum absolute atomic E-state index is 0.259. The summed E-state index contributed by atoms with van der Waals surface area (Å²) in [4.78, 5) is 0. The van der Waals surface area contributed by atoms with Gasteiger partial charge in [0.15, 0.2) is 0 Å². The third-order valence-electron chi connectivity index (χ3n) is 3.06. The molecule has 16 heavy (non-hydrogen) atoms. The van der Waals surface area contributed by atoms with Gasteiger partial charge in [-0.25, -0.2) is 8.42 Å². The minimum atomic E-state index is -2.86. The van der Waals surface area contributed by atoms with Gasteiger partial charge in [0.2, 0.25) is 0 Å². The topological polar surface area (TPSA) is 55.4 Å². The van der Waals surface area contributed by atoms with Crippen LogP contribution in [0.25, 0.3) is 0 Å². The number of ether oxygens (including phenoxy) is 1. The van der Waals surface area contributed by atoms with Gasteiger partial charge >= 0.3 is 0 Å². The summed E-state index contributed by atoms with van der Waals surface area (Å²) in [5.41, 5.74) is 0. The normalized spacial score (nSPS) is 28.2. The third kappa shape index (κ3) is 4.80. The summed E-state index contributed by atoms with van der Waals surface area (Å²) < 4.78 is 27.9. The first kappa shape index (κ1) is 13.9. The van der Waals surface area contributed by atoms with E-state index in [2.05, 4.69) is 12.2 Å². The molecule has 4 nitrogen and oxygen atoms in total. The molecular formula is C11H23NO3S. The fraction of sp³-hybridized carbons (Fsp3) is 1.00. The van der Waals surface area contributed by atoms with E-state index in [0.29, 0.717) is 18.4 Å². The molecule has 1 N–H and O–H groups in total. The van der Waals surface area contributed by atoms with Crippen molar-refractivity contribution in [2.45, 2.75) is 38.8 Å². The van der Waals surface area contributed by atoms with Crippen LogP contribution in [-0.2, 0) is 14.6 Å². The fourth-order valence-electron chi connectivity index (χ4n) is 2.24. The number of rotatable bonds is 6. The van der Waals surface area contributed by atoms with Gasteiger partial charge in [0.05, 0.1) is 18.5 Å². The average Bonchev–Trinajstić information content (AvgIpc) is 2.57. The molecule has 0 aromatic rings. The molecule has 0 bridgehead atoms. The molecule has 3 atom stereocenters. The maximum Gasteiger partial charge on any atom is 0.147 e. The van der Waals surface area contributed by atoms with E-state index in [1.165, 1.54) is 6.26 Å². The van der Waals surface area contributed by atoms with Gasteiger partial charge in [-0.05, 0) is 26.3 Å². The van der Waals surface area contributed by atoms with Crippen LogP contribution in [0.2, 0.25) is 0 Å². The van der Waals surface area contributed by atoms with E-state index in [9.17, 15) is 8.42 Å². The van der Waals surface area contributed by atoms with Crippen LogP contribution in [0, 0.1) is 5.92 Å². The number of nitrogens with one attached hydrogen (secondary N) is 1. The van der Waals surface area contributed by atoms with Crippen LogP contribution in [-0.4, -0.2) is 45.7 Å². The van der Waals surface area contributed by atoms with E-state index in [4.69, 9.17) is 4.74 Å². The standard InChI is InChI=1S/C11H23NO3S/c1-4-12-11(5-6-16(3,13)14)10-7-9(2)15-8-10/h9-12H,4-8H2,1-3H3. The van der Waals surface area contributed by atoms with Crippen molar-refractivity contribution in [3.05, 3.63) is 0 Å². The Kier molecular flexibility index (Phi) is 5.21. The van der Waals surface area contributed by atoms with Crippen LogP contribution in [0.3, 0.4) is 0 Å². The largest absolute Gasteiger partial charge is 0.378 e. The zero-order valence-corrected chi connectivity index (χ0v) is 11.2. The van der Waals surface area contributed by atoms with Crippen molar-refractivity contribution in [3.8, 4) is 0 Å². The molecule has 1 aliphatic heterocycles. The van der Waals surface area contributed by atoms with Gasteiger partial charge in [-0.1, -0.05) is 6.92 Å². The van der Waals surface area contributed by atoms with Gasteiger partial charge in [0.25, 0.3) is 0 Å². The molecule has 3 unspecified atom stereocenters. The van der Waals surface area contributed by atoms with Gasteiger partial charge in [-0.15, -0.1) is 0 Å². The SMILES string of the molecule is CCNC(CCS(C)(=O)=O)C1COC(C)C1. The zero-order valence-electron chi connectivity index (χ0n) is 10.4. The second-order valence-corrected chi connectivity index (χ2v) is 6.98. The highest BCUT2D eigenvalue weighted by Gasteiger charge is 2.29. The Labute approximate surface area is 98.7 Å². The molecule has 0 radical (unpaired) electrons. The van der Waals surface area contributed by atoms with E-state index >= 15 is 0 Å². The summed E-state index contributed by atoms with van der Waals surface area (Å²) >= 11 is 0. The summed E-state index contributed by atoms with van der Waals surface area (Å²) in [6.07, 6.45) is 3.32. The lowest BCUT2D eigenvalue weighted by atomic mass is 9.95. The molecule has 0 saturated carbocycles. The Morgan fingerprint density at radius 2 is 2.19 bits per heavy atom. The lowest BCUT2D eigenvalue weighted by Crippen LogP contribution is -2.38. The molecule has 0 aliphatic carbocycles. The van der Waals surface area contributed by atoms with Gasteiger partial charge in [0, 0.05) is 18.2 Å². The first-order chi connectivity index (χ1) is 7.42. The van der Waals surface area contributed by atoms with Crippen molar-refractivity contribution in [2.24, 2.45) is 5.92 Å². The Morgan fingerprint density at radius 3 is 2.62 bits per heavy atom. The maximum atomic E-state index is 11.2. The predicted molar refractivity (Wildman–Crippen MR) is 65.3 cm³/mol. The van der Waals surface area contributed by atoms with Crippen molar-refractivity contribution in [2.75, 3.05) is 25.2 Å². The van der Waals surface area contributed by atoms with E-state index in [1.807, 2.05) is 6.92 Å². The molecular weight excluding hydrogens is 226 g/mol. The molecule has 1 heterocycles. The summed E-state index contributed by atoms with van der Waals surface area (Å²) in [7, 11) is -2.86. The molecule has 0 amide bonds.